The van der Waals surface area contributed by atoms with Crippen molar-refractivity contribution in [2.45, 2.75) is 13.3 Å². The minimum absolute atomic E-state index is 0.0672. The largest absolute Gasteiger partial charge is 0.462 e. The molecule has 1 aromatic rings. The van der Waals surface area contributed by atoms with Gasteiger partial charge in [-0.2, -0.15) is 0 Å². The van der Waals surface area contributed by atoms with Gasteiger partial charge in [0.05, 0.1) is 0 Å². The van der Waals surface area contributed by atoms with Crippen molar-refractivity contribution in [3.63, 3.8) is 0 Å². The predicted molar refractivity (Wildman–Crippen MR) is 84.0 cm³/mol. The molecule has 1 amide bonds. The lowest BCUT2D eigenvalue weighted by atomic mass is 10.3. The lowest BCUT2D eigenvalue weighted by Crippen LogP contribution is -2.45. The average Bonchev–Trinajstić information content (AvgIpc) is 2.89. The molecule has 1 aromatic heterocycles. The number of furan rings is 1. The zero-order chi connectivity index (χ0) is 15.1. The highest BCUT2D eigenvalue weighted by atomic mass is 16.3. The van der Waals surface area contributed by atoms with Gasteiger partial charge < -0.3 is 19.5 Å². The van der Waals surface area contributed by atoms with E-state index in [1.807, 2.05) is 19.1 Å². The normalized spacial score (nSPS) is 17.4. The summed E-state index contributed by atoms with van der Waals surface area (Å²) in [5.74, 6) is 1.49. The summed E-state index contributed by atoms with van der Waals surface area (Å²) in [4.78, 5) is 16.5. The summed E-state index contributed by atoms with van der Waals surface area (Å²) in [6.45, 7) is 8.18. The summed E-state index contributed by atoms with van der Waals surface area (Å²) >= 11 is 0. The van der Waals surface area contributed by atoms with Gasteiger partial charge in [0.25, 0.3) is 0 Å². The van der Waals surface area contributed by atoms with Gasteiger partial charge in [-0.25, -0.2) is 0 Å². The number of hydrogen-bond donors (Lipinski definition) is 1. The maximum absolute atomic E-state index is 11.7. The molecule has 0 unspecified atom stereocenters. The van der Waals surface area contributed by atoms with Gasteiger partial charge in [0.2, 0.25) is 5.91 Å². The fraction of sp³-hybridized carbons (Fsp3) is 0.562. The van der Waals surface area contributed by atoms with Gasteiger partial charge in [0.15, 0.2) is 0 Å². The Morgan fingerprint density at radius 3 is 2.76 bits per heavy atom. The van der Waals surface area contributed by atoms with Gasteiger partial charge in [-0.1, -0.05) is 0 Å². The number of aryl methyl sites for hydroxylation is 1. The van der Waals surface area contributed by atoms with Crippen LogP contribution in [0.25, 0.3) is 6.08 Å². The molecule has 2 heterocycles. The van der Waals surface area contributed by atoms with Gasteiger partial charge in [-0.15, -0.1) is 0 Å². The van der Waals surface area contributed by atoms with Gasteiger partial charge >= 0.3 is 0 Å². The molecule has 1 N–H and O–H groups in total. The van der Waals surface area contributed by atoms with Crippen LogP contribution in [0.1, 0.15) is 17.9 Å². The number of nitrogens with one attached hydrogen (secondary N) is 1. The second-order valence-electron chi connectivity index (χ2n) is 5.57. The molecule has 0 atom stereocenters. The third-order valence-corrected chi connectivity index (χ3v) is 3.71. The van der Waals surface area contributed by atoms with Crippen LogP contribution >= 0.6 is 0 Å². The Balaban J connectivity index is 1.58. The van der Waals surface area contributed by atoms with Crippen LogP contribution in [0.4, 0.5) is 0 Å². The van der Waals surface area contributed by atoms with Crippen LogP contribution in [-0.2, 0) is 4.79 Å². The Labute approximate surface area is 126 Å². The van der Waals surface area contributed by atoms with Crippen molar-refractivity contribution in [1.29, 1.82) is 0 Å². The van der Waals surface area contributed by atoms with Crippen LogP contribution in [0.15, 0.2) is 22.6 Å². The Bertz CT molecular complexity index is 474. The SMILES string of the molecule is Cc1ccc(/C=C/C(=O)NCCCN2CCN(C)CC2)o1. The molecule has 5 nitrogen and oxygen atoms in total. The van der Waals surface area contributed by atoms with Crippen molar-refractivity contribution in [3.8, 4) is 0 Å². The first kappa shape index (κ1) is 15.8. The molecule has 0 bridgehead atoms. The van der Waals surface area contributed by atoms with E-state index >= 15 is 0 Å². The Hall–Kier alpha value is -1.59. The topological polar surface area (TPSA) is 48.7 Å². The fourth-order valence-corrected chi connectivity index (χ4v) is 2.35. The summed E-state index contributed by atoms with van der Waals surface area (Å²) in [6.07, 6.45) is 4.21. The highest BCUT2D eigenvalue weighted by Gasteiger charge is 2.12. The first-order valence-electron chi connectivity index (χ1n) is 7.57. The lowest BCUT2D eigenvalue weighted by molar-refractivity contribution is -0.116. The molecule has 0 aliphatic carbocycles. The standard InChI is InChI=1S/C16H25N3O2/c1-14-4-5-15(21-14)6-7-16(20)17-8-3-9-19-12-10-18(2)11-13-19/h4-7H,3,8-13H2,1-2H3,(H,17,20)/b7-6+. The molecule has 1 saturated heterocycles. The Kier molecular flexibility index (Phi) is 6.02. The lowest BCUT2D eigenvalue weighted by Gasteiger charge is -2.32. The smallest absolute Gasteiger partial charge is 0.244 e. The van der Waals surface area contributed by atoms with E-state index < -0.39 is 0 Å². The molecule has 0 spiro atoms. The molecule has 116 valence electrons. The molecule has 1 aliphatic rings. The summed E-state index contributed by atoms with van der Waals surface area (Å²) in [5.41, 5.74) is 0. The number of piperazine rings is 1. The highest BCUT2D eigenvalue weighted by molar-refractivity contribution is 5.91. The van der Waals surface area contributed by atoms with Crippen LogP contribution in [0.2, 0.25) is 0 Å². The number of rotatable bonds is 6. The predicted octanol–water partition coefficient (Wildman–Crippen LogP) is 1.35. The molecule has 0 saturated carbocycles. The second kappa shape index (κ2) is 8.00. The van der Waals surface area contributed by atoms with Crippen molar-refractivity contribution in [2.75, 3.05) is 46.3 Å². The highest BCUT2D eigenvalue weighted by Crippen LogP contribution is 2.07. The van der Waals surface area contributed by atoms with Crippen molar-refractivity contribution in [1.82, 2.24) is 15.1 Å². The molecule has 21 heavy (non-hydrogen) atoms. The number of nitrogens with zero attached hydrogens (tertiary/aromatic N) is 2. The molecule has 1 aliphatic heterocycles. The van der Waals surface area contributed by atoms with Gasteiger partial charge in [-0.3, -0.25) is 4.79 Å². The van der Waals surface area contributed by atoms with E-state index in [1.54, 1.807) is 6.08 Å². The van der Waals surface area contributed by atoms with E-state index in [-0.39, 0.29) is 5.91 Å². The Morgan fingerprint density at radius 2 is 2.10 bits per heavy atom. The first-order valence-corrected chi connectivity index (χ1v) is 7.57. The zero-order valence-corrected chi connectivity index (χ0v) is 13.0. The van der Waals surface area contributed by atoms with E-state index in [0.717, 1.165) is 44.9 Å². The maximum Gasteiger partial charge on any atom is 0.244 e. The number of amides is 1. The van der Waals surface area contributed by atoms with E-state index in [0.29, 0.717) is 12.3 Å². The molecular formula is C16H25N3O2. The third kappa shape index (κ3) is 5.73. The van der Waals surface area contributed by atoms with E-state index in [9.17, 15) is 4.79 Å². The van der Waals surface area contributed by atoms with Crippen LogP contribution in [-0.4, -0.2) is 62.0 Å². The molecule has 0 aromatic carbocycles. The van der Waals surface area contributed by atoms with Crippen LogP contribution < -0.4 is 5.32 Å². The molecule has 2 rings (SSSR count). The second-order valence-corrected chi connectivity index (χ2v) is 5.57. The van der Waals surface area contributed by atoms with E-state index in [2.05, 4.69) is 22.2 Å². The van der Waals surface area contributed by atoms with Crippen LogP contribution in [0.3, 0.4) is 0 Å². The third-order valence-electron chi connectivity index (χ3n) is 3.71. The van der Waals surface area contributed by atoms with Crippen molar-refractivity contribution in [3.05, 3.63) is 29.7 Å². The summed E-state index contributed by atoms with van der Waals surface area (Å²) < 4.78 is 5.37. The monoisotopic (exact) mass is 291 g/mol. The average molecular weight is 291 g/mol. The minimum Gasteiger partial charge on any atom is -0.462 e. The maximum atomic E-state index is 11.7. The van der Waals surface area contributed by atoms with Crippen molar-refractivity contribution >= 4 is 12.0 Å². The minimum atomic E-state index is -0.0672. The number of carbonyl (C=O) groups excluding carboxylic acids is 1. The van der Waals surface area contributed by atoms with E-state index in [4.69, 9.17) is 4.42 Å². The number of hydrogen-bond acceptors (Lipinski definition) is 4. The van der Waals surface area contributed by atoms with Gasteiger partial charge in [0, 0.05) is 38.8 Å². The summed E-state index contributed by atoms with van der Waals surface area (Å²) in [6, 6.07) is 3.74. The zero-order valence-electron chi connectivity index (χ0n) is 13.0. The van der Waals surface area contributed by atoms with Crippen molar-refractivity contribution in [2.24, 2.45) is 0 Å². The summed E-state index contributed by atoms with van der Waals surface area (Å²) in [5, 5.41) is 2.90. The van der Waals surface area contributed by atoms with Gasteiger partial charge in [0.1, 0.15) is 11.5 Å². The summed E-state index contributed by atoms with van der Waals surface area (Å²) in [7, 11) is 2.16. The first-order chi connectivity index (χ1) is 10.1. The number of carbonyl (C=O) groups is 1. The molecule has 1 fully saturated rings. The van der Waals surface area contributed by atoms with E-state index in [1.165, 1.54) is 6.08 Å². The van der Waals surface area contributed by atoms with Crippen LogP contribution in [0, 0.1) is 6.92 Å². The Morgan fingerprint density at radius 1 is 1.33 bits per heavy atom. The van der Waals surface area contributed by atoms with Crippen molar-refractivity contribution < 1.29 is 9.21 Å². The molecule has 0 radical (unpaired) electrons. The van der Waals surface area contributed by atoms with Gasteiger partial charge in [-0.05, 0) is 45.1 Å². The number of likely N-dealkylation sites (N-methyl/N-ethyl adjacent to an activating group) is 1. The fourth-order valence-electron chi connectivity index (χ4n) is 2.35. The van der Waals surface area contributed by atoms with Crippen LogP contribution in [0.5, 0.6) is 0 Å². The molecular weight excluding hydrogens is 266 g/mol. The quantitative estimate of drug-likeness (QED) is 0.635. The molecule has 5 heteroatoms.